The Labute approximate surface area is 230 Å². The maximum absolute atomic E-state index is 12.9. The number of anilines is 1. The average molecular weight is 551 g/mol. The normalized spacial score (nSPS) is 11.7. The highest BCUT2D eigenvalue weighted by atomic mass is 32.2. The van der Waals surface area contributed by atoms with E-state index in [1.807, 2.05) is 81.8 Å². The summed E-state index contributed by atoms with van der Waals surface area (Å²) in [5, 5.41) is 12.5. The Morgan fingerprint density at radius 2 is 1.76 bits per heavy atom. The van der Waals surface area contributed by atoms with Crippen LogP contribution in [-0.2, 0) is 16.6 Å². The standard InChI is InChI=1S/C28H30N4O4S2/c1-16-12-17(2)14-21(13-16)36-18(3)25-30-31-28(32(25)5)37-15-22(33)29-26-24(27(34)35-6)23(19(4)38-26)20-10-8-7-9-11-20/h7-14,18H,15H2,1-6H3,(H,29,33). The third-order valence-corrected chi connectivity index (χ3v) is 7.90. The molecule has 1 amide bonds. The van der Waals surface area contributed by atoms with Gasteiger partial charge in [-0.05, 0) is 56.5 Å². The van der Waals surface area contributed by atoms with E-state index in [1.54, 1.807) is 0 Å². The van der Waals surface area contributed by atoms with Crippen molar-refractivity contribution in [2.45, 2.75) is 39.0 Å². The first-order valence-electron chi connectivity index (χ1n) is 12.0. The van der Waals surface area contributed by atoms with Crippen molar-refractivity contribution in [3.8, 4) is 16.9 Å². The lowest BCUT2D eigenvalue weighted by atomic mass is 10.0. The molecule has 2 heterocycles. The van der Waals surface area contributed by atoms with E-state index >= 15 is 0 Å². The summed E-state index contributed by atoms with van der Waals surface area (Å²) in [6.45, 7) is 7.90. The highest BCUT2D eigenvalue weighted by Crippen LogP contribution is 2.40. The molecular formula is C28H30N4O4S2. The lowest BCUT2D eigenvalue weighted by molar-refractivity contribution is -0.113. The lowest BCUT2D eigenvalue weighted by Crippen LogP contribution is -2.16. The molecule has 198 valence electrons. The molecule has 0 spiro atoms. The molecule has 1 unspecified atom stereocenters. The van der Waals surface area contributed by atoms with Crippen molar-refractivity contribution in [3.05, 3.63) is 75.9 Å². The van der Waals surface area contributed by atoms with Crippen LogP contribution in [0.25, 0.3) is 11.1 Å². The SMILES string of the molecule is COC(=O)c1c(NC(=O)CSc2nnc(C(C)Oc3cc(C)cc(C)c3)n2C)sc(C)c1-c1ccccc1. The second-order valence-corrected chi connectivity index (χ2v) is 11.1. The predicted molar refractivity (Wildman–Crippen MR) is 151 cm³/mol. The summed E-state index contributed by atoms with van der Waals surface area (Å²) < 4.78 is 13.0. The van der Waals surface area contributed by atoms with Gasteiger partial charge >= 0.3 is 5.97 Å². The fourth-order valence-corrected chi connectivity index (χ4v) is 6.04. The number of esters is 1. The number of methoxy groups -OCH3 is 1. The van der Waals surface area contributed by atoms with Gasteiger partial charge in [0.1, 0.15) is 16.3 Å². The van der Waals surface area contributed by atoms with E-state index in [0.29, 0.717) is 21.5 Å². The minimum atomic E-state index is -0.494. The topological polar surface area (TPSA) is 95.3 Å². The largest absolute Gasteiger partial charge is 0.483 e. The Hall–Kier alpha value is -3.63. The number of nitrogens with one attached hydrogen (secondary N) is 1. The van der Waals surface area contributed by atoms with Crippen molar-refractivity contribution in [2.24, 2.45) is 7.05 Å². The monoisotopic (exact) mass is 550 g/mol. The van der Waals surface area contributed by atoms with Crippen LogP contribution in [0.15, 0.2) is 53.7 Å². The summed E-state index contributed by atoms with van der Waals surface area (Å²) in [4.78, 5) is 26.5. The molecule has 0 saturated heterocycles. The number of amides is 1. The number of carbonyl (C=O) groups is 2. The number of thiophene rings is 1. The van der Waals surface area contributed by atoms with Gasteiger partial charge in [-0.3, -0.25) is 4.79 Å². The molecule has 0 aliphatic heterocycles. The molecule has 1 N–H and O–H groups in total. The van der Waals surface area contributed by atoms with Crippen molar-refractivity contribution < 1.29 is 19.1 Å². The number of aryl methyl sites for hydroxylation is 3. The molecule has 0 aliphatic rings. The number of nitrogens with zero attached hydrogens (tertiary/aromatic N) is 3. The number of thioether (sulfide) groups is 1. The first-order valence-corrected chi connectivity index (χ1v) is 13.8. The van der Waals surface area contributed by atoms with Gasteiger partial charge in [-0.15, -0.1) is 21.5 Å². The third kappa shape index (κ3) is 6.08. The predicted octanol–water partition coefficient (Wildman–Crippen LogP) is 6.13. The number of hydrogen-bond donors (Lipinski definition) is 1. The Kier molecular flexibility index (Phi) is 8.53. The van der Waals surface area contributed by atoms with E-state index in [0.717, 1.165) is 32.9 Å². The van der Waals surface area contributed by atoms with Crippen LogP contribution in [0, 0.1) is 20.8 Å². The second kappa shape index (κ2) is 11.8. The van der Waals surface area contributed by atoms with Gasteiger partial charge in [0.15, 0.2) is 17.1 Å². The van der Waals surface area contributed by atoms with Gasteiger partial charge in [0, 0.05) is 17.5 Å². The second-order valence-electron chi connectivity index (χ2n) is 8.92. The van der Waals surface area contributed by atoms with E-state index in [1.165, 1.54) is 30.2 Å². The van der Waals surface area contributed by atoms with E-state index in [-0.39, 0.29) is 17.8 Å². The Balaban J connectivity index is 1.45. The molecule has 0 radical (unpaired) electrons. The van der Waals surface area contributed by atoms with Crippen LogP contribution in [-0.4, -0.2) is 39.5 Å². The molecule has 1 atom stereocenters. The number of aromatic nitrogens is 3. The highest BCUT2D eigenvalue weighted by molar-refractivity contribution is 7.99. The van der Waals surface area contributed by atoms with Gasteiger partial charge in [0.25, 0.3) is 0 Å². The van der Waals surface area contributed by atoms with Gasteiger partial charge in [-0.1, -0.05) is 48.2 Å². The van der Waals surface area contributed by atoms with E-state index < -0.39 is 5.97 Å². The Morgan fingerprint density at radius 1 is 1.08 bits per heavy atom. The third-order valence-electron chi connectivity index (χ3n) is 5.86. The van der Waals surface area contributed by atoms with Crippen LogP contribution < -0.4 is 10.1 Å². The van der Waals surface area contributed by atoms with E-state index in [4.69, 9.17) is 9.47 Å². The summed E-state index contributed by atoms with van der Waals surface area (Å²) >= 11 is 2.61. The van der Waals surface area contributed by atoms with Gasteiger partial charge in [-0.25, -0.2) is 4.79 Å². The number of hydrogen-bond acceptors (Lipinski definition) is 8. The molecule has 0 aliphatic carbocycles. The summed E-state index contributed by atoms with van der Waals surface area (Å²) in [5.41, 5.74) is 4.26. The molecule has 4 rings (SSSR count). The number of rotatable bonds is 9. The lowest BCUT2D eigenvalue weighted by Gasteiger charge is -2.15. The van der Waals surface area contributed by atoms with Crippen molar-refractivity contribution in [2.75, 3.05) is 18.2 Å². The number of carbonyl (C=O) groups excluding carboxylic acids is 2. The van der Waals surface area contributed by atoms with Crippen LogP contribution in [0.5, 0.6) is 5.75 Å². The summed E-state index contributed by atoms with van der Waals surface area (Å²) in [7, 11) is 3.18. The molecule has 10 heteroatoms. The maximum Gasteiger partial charge on any atom is 0.341 e. The zero-order valence-corrected chi connectivity index (χ0v) is 23.8. The fourth-order valence-electron chi connectivity index (χ4n) is 4.24. The van der Waals surface area contributed by atoms with Crippen molar-refractivity contribution in [1.29, 1.82) is 0 Å². The number of benzene rings is 2. The quantitative estimate of drug-likeness (QED) is 0.198. The van der Waals surface area contributed by atoms with E-state index in [9.17, 15) is 9.59 Å². The first-order chi connectivity index (χ1) is 18.2. The average Bonchev–Trinajstić information content (AvgIpc) is 3.40. The van der Waals surface area contributed by atoms with Crippen molar-refractivity contribution >= 4 is 40.0 Å². The minimum Gasteiger partial charge on any atom is -0.483 e. The van der Waals surface area contributed by atoms with Crippen LogP contribution in [0.2, 0.25) is 0 Å². The molecule has 38 heavy (non-hydrogen) atoms. The molecule has 2 aromatic heterocycles. The highest BCUT2D eigenvalue weighted by Gasteiger charge is 2.25. The zero-order chi connectivity index (χ0) is 27.4. The van der Waals surface area contributed by atoms with E-state index in [2.05, 4.69) is 21.6 Å². The minimum absolute atomic E-state index is 0.0938. The summed E-state index contributed by atoms with van der Waals surface area (Å²) in [5.74, 6) is 0.767. The molecule has 2 aromatic carbocycles. The smallest absolute Gasteiger partial charge is 0.341 e. The van der Waals surface area contributed by atoms with Crippen molar-refractivity contribution in [3.63, 3.8) is 0 Å². The first kappa shape index (κ1) is 27.4. The Bertz CT molecular complexity index is 1440. The molecule has 4 aromatic rings. The Morgan fingerprint density at radius 3 is 2.42 bits per heavy atom. The molecule has 8 nitrogen and oxygen atoms in total. The van der Waals surface area contributed by atoms with Gasteiger partial charge in [0.2, 0.25) is 5.91 Å². The summed E-state index contributed by atoms with van der Waals surface area (Å²) in [6.07, 6.45) is -0.329. The zero-order valence-electron chi connectivity index (χ0n) is 22.2. The van der Waals surface area contributed by atoms with Crippen LogP contribution in [0.1, 0.15) is 45.2 Å². The van der Waals surface area contributed by atoms with Crippen LogP contribution in [0.4, 0.5) is 5.00 Å². The van der Waals surface area contributed by atoms with Crippen molar-refractivity contribution in [1.82, 2.24) is 14.8 Å². The van der Waals surface area contributed by atoms with Crippen LogP contribution in [0.3, 0.4) is 0 Å². The van der Waals surface area contributed by atoms with Gasteiger partial charge in [0.05, 0.1) is 12.9 Å². The van der Waals surface area contributed by atoms with Crippen LogP contribution >= 0.6 is 23.1 Å². The number of ether oxygens (including phenoxy) is 2. The fraction of sp³-hybridized carbons (Fsp3) is 0.286. The van der Waals surface area contributed by atoms with Gasteiger partial charge in [-0.2, -0.15) is 0 Å². The summed E-state index contributed by atoms with van der Waals surface area (Å²) in [6, 6.07) is 15.6. The molecule has 0 bridgehead atoms. The molecule has 0 saturated carbocycles. The van der Waals surface area contributed by atoms with Gasteiger partial charge < -0.3 is 19.4 Å². The molecule has 0 fully saturated rings. The molecular weight excluding hydrogens is 520 g/mol. The maximum atomic E-state index is 12.9.